The molecule has 0 saturated heterocycles. The number of nitrogens with zero attached hydrogens (tertiary/aromatic N) is 2. The molecule has 0 spiro atoms. The average Bonchev–Trinajstić information content (AvgIpc) is 2.53. The molecule has 1 aromatic heterocycles. The van der Waals surface area contributed by atoms with E-state index in [9.17, 15) is 9.00 Å². The van der Waals surface area contributed by atoms with Gasteiger partial charge in [-0.2, -0.15) is 0 Å². The standard InChI is InChI=1S/C15H14N2O3S/c18-15(11-3-1-5-13(9-11)21(19)20)17-8-6-14-12(10-17)4-2-7-16-14/h1-5,7,9H,6,8,10H2,(H,19,20). The predicted molar refractivity (Wildman–Crippen MR) is 78.2 cm³/mol. The van der Waals surface area contributed by atoms with Crippen LogP contribution >= 0.6 is 0 Å². The third kappa shape index (κ3) is 2.86. The van der Waals surface area contributed by atoms with Gasteiger partial charge in [-0.05, 0) is 29.8 Å². The van der Waals surface area contributed by atoms with Crippen molar-refractivity contribution < 1.29 is 13.6 Å². The Balaban J connectivity index is 1.84. The third-order valence-corrected chi connectivity index (χ3v) is 4.19. The number of carbonyl (C=O) groups is 1. The highest BCUT2D eigenvalue weighted by Gasteiger charge is 2.22. The maximum absolute atomic E-state index is 12.5. The van der Waals surface area contributed by atoms with Crippen LogP contribution in [0, 0.1) is 0 Å². The van der Waals surface area contributed by atoms with Crippen LogP contribution in [-0.2, 0) is 24.0 Å². The van der Waals surface area contributed by atoms with Gasteiger partial charge in [0.2, 0.25) is 0 Å². The molecule has 1 aliphatic rings. The van der Waals surface area contributed by atoms with Crippen molar-refractivity contribution in [3.63, 3.8) is 0 Å². The number of rotatable bonds is 2. The lowest BCUT2D eigenvalue weighted by Crippen LogP contribution is -2.36. The molecule has 1 aromatic carbocycles. The summed E-state index contributed by atoms with van der Waals surface area (Å²) < 4.78 is 20.2. The van der Waals surface area contributed by atoms with E-state index in [2.05, 4.69) is 4.98 Å². The van der Waals surface area contributed by atoms with Crippen LogP contribution in [0.3, 0.4) is 0 Å². The van der Waals surface area contributed by atoms with Crippen molar-refractivity contribution in [2.24, 2.45) is 0 Å². The number of amides is 1. The summed E-state index contributed by atoms with van der Waals surface area (Å²) in [6, 6.07) is 10.1. The molecular weight excluding hydrogens is 288 g/mol. The van der Waals surface area contributed by atoms with Crippen molar-refractivity contribution in [1.82, 2.24) is 9.88 Å². The van der Waals surface area contributed by atoms with E-state index in [1.165, 1.54) is 12.1 Å². The highest BCUT2D eigenvalue weighted by Crippen LogP contribution is 2.19. The van der Waals surface area contributed by atoms with E-state index in [4.69, 9.17) is 4.55 Å². The summed E-state index contributed by atoms with van der Waals surface area (Å²) in [6.07, 6.45) is 2.49. The Hall–Kier alpha value is -2.05. The van der Waals surface area contributed by atoms with Crippen LogP contribution in [0.1, 0.15) is 21.6 Å². The molecular formula is C15H14N2O3S. The lowest BCUT2D eigenvalue weighted by atomic mass is 10.0. The van der Waals surface area contributed by atoms with E-state index in [1.807, 2.05) is 12.1 Å². The smallest absolute Gasteiger partial charge is 0.254 e. The van der Waals surface area contributed by atoms with Crippen LogP contribution in [0.5, 0.6) is 0 Å². The van der Waals surface area contributed by atoms with Crippen LogP contribution in [0.4, 0.5) is 0 Å². The SMILES string of the molecule is O=C(c1cccc(S(=O)O)c1)N1CCc2ncccc2C1. The molecule has 3 rings (SSSR count). The molecule has 1 N–H and O–H groups in total. The quantitative estimate of drug-likeness (QED) is 0.860. The summed E-state index contributed by atoms with van der Waals surface area (Å²) in [7, 11) is 0. The van der Waals surface area contributed by atoms with E-state index in [0.29, 0.717) is 18.7 Å². The van der Waals surface area contributed by atoms with E-state index < -0.39 is 11.1 Å². The number of pyridine rings is 1. The molecule has 108 valence electrons. The number of aromatic nitrogens is 1. The average molecular weight is 302 g/mol. The molecule has 5 nitrogen and oxygen atoms in total. The Morgan fingerprint density at radius 2 is 2.14 bits per heavy atom. The lowest BCUT2D eigenvalue weighted by Gasteiger charge is -2.28. The lowest BCUT2D eigenvalue weighted by molar-refractivity contribution is 0.0733. The van der Waals surface area contributed by atoms with E-state index in [0.717, 1.165) is 17.7 Å². The summed E-state index contributed by atoms with van der Waals surface area (Å²) in [5.41, 5.74) is 2.52. The minimum Gasteiger partial charge on any atom is -0.334 e. The number of hydrogen-bond acceptors (Lipinski definition) is 3. The summed E-state index contributed by atoms with van der Waals surface area (Å²) >= 11 is -2.08. The first-order valence-corrected chi connectivity index (χ1v) is 7.69. The highest BCUT2D eigenvalue weighted by molar-refractivity contribution is 7.79. The zero-order valence-electron chi connectivity index (χ0n) is 11.2. The largest absolute Gasteiger partial charge is 0.334 e. The monoisotopic (exact) mass is 302 g/mol. The molecule has 1 aliphatic heterocycles. The fourth-order valence-corrected chi connectivity index (χ4v) is 2.88. The normalized spacial score (nSPS) is 15.4. The molecule has 0 saturated carbocycles. The Morgan fingerprint density at radius 3 is 2.95 bits per heavy atom. The number of carbonyl (C=O) groups excluding carboxylic acids is 1. The molecule has 1 unspecified atom stereocenters. The molecule has 1 amide bonds. The molecule has 0 bridgehead atoms. The first-order valence-electron chi connectivity index (χ1n) is 6.58. The van der Waals surface area contributed by atoms with Gasteiger partial charge in [-0.3, -0.25) is 9.78 Å². The molecule has 6 heteroatoms. The second-order valence-electron chi connectivity index (χ2n) is 4.86. The van der Waals surface area contributed by atoms with E-state index in [1.54, 1.807) is 23.2 Å². The van der Waals surface area contributed by atoms with Crippen LogP contribution in [0.2, 0.25) is 0 Å². The molecule has 0 fully saturated rings. The van der Waals surface area contributed by atoms with Gasteiger partial charge in [0.05, 0.1) is 4.90 Å². The van der Waals surface area contributed by atoms with Gasteiger partial charge >= 0.3 is 0 Å². The van der Waals surface area contributed by atoms with Crippen molar-refractivity contribution in [2.75, 3.05) is 6.54 Å². The van der Waals surface area contributed by atoms with Gasteiger partial charge in [-0.25, -0.2) is 4.21 Å². The molecule has 2 heterocycles. The van der Waals surface area contributed by atoms with Gasteiger partial charge < -0.3 is 9.45 Å². The predicted octanol–water partition coefficient (Wildman–Crippen LogP) is 1.86. The summed E-state index contributed by atoms with van der Waals surface area (Å²) in [4.78, 5) is 18.8. The number of hydrogen-bond donors (Lipinski definition) is 1. The zero-order valence-corrected chi connectivity index (χ0v) is 12.0. The van der Waals surface area contributed by atoms with Crippen molar-refractivity contribution >= 4 is 17.0 Å². The Labute approximate surface area is 124 Å². The van der Waals surface area contributed by atoms with Crippen molar-refractivity contribution in [2.45, 2.75) is 17.9 Å². The van der Waals surface area contributed by atoms with Crippen LogP contribution in [0.15, 0.2) is 47.5 Å². The van der Waals surface area contributed by atoms with Gasteiger partial charge in [0.25, 0.3) is 5.91 Å². The fourth-order valence-electron chi connectivity index (χ4n) is 2.46. The second kappa shape index (κ2) is 5.75. The maximum Gasteiger partial charge on any atom is 0.254 e. The van der Waals surface area contributed by atoms with Crippen molar-refractivity contribution in [3.05, 3.63) is 59.4 Å². The molecule has 0 radical (unpaired) electrons. The second-order valence-corrected chi connectivity index (χ2v) is 5.83. The van der Waals surface area contributed by atoms with Gasteiger partial charge in [-0.15, -0.1) is 0 Å². The molecule has 0 aliphatic carbocycles. The van der Waals surface area contributed by atoms with Gasteiger partial charge in [-0.1, -0.05) is 12.1 Å². The molecule has 2 aromatic rings. The summed E-state index contributed by atoms with van der Waals surface area (Å²) in [6.45, 7) is 1.13. The zero-order chi connectivity index (χ0) is 14.8. The Kier molecular flexibility index (Phi) is 3.81. The van der Waals surface area contributed by atoms with Gasteiger partial charge in [0.1, 0.15) is 0 Å². The van der Waals surface area contributed by atoms with Crippen LogP contribution in [-0.4, -0.2) is 31.1 Å². The third-order valence-electron chi connectivity index (χ3n) is 3.53. The molecule has 1 atom stereocenters. The summed E-state index contributed by atoms with van der Waals surface area (Å²) in [5, 5.41) is 0. The highest BCUT2D eigenvalue weighted by atomic mass is 32.2. The number of benzene rings is 1. The minimum absolute atomic E-state index is 0.128. The fraction of sp³-hybridized carbons (Fsp3) is 0.200. The minimum atomic E-state index is -2.08. The van der Waals surface area contributed by atoms with E-state index in [-0.39, 0.29) is 10.8 Å². The van der Waals surface area contributed by atoms with Crippen molar-refractivity contribution in [3.8, 4) is 0 Å². The Morgan fingerprint density at radius 1 is 1.29 bits per heavy atom. The Bertz CT molecular complexity index is 718. The molecule has 21 heavy (non-hydrogen) atoms. The first kappa shape index (κ1) is 13.9. The van der Waals surface area contributed by atoms with Gasteiger partial charge in [0.15, 0.2) is 11.1 Å². The summed E-state index contributed by atoms with van der Waals surface area (Å²) in [5.74, 6) is -0.128. The van der Waals surface area contributed by atoms with Crippen LogP contribution < -0.4 is 0 Å². The van der Waals surface area contributed by atoms with Gasteiger partial charge in [0, 0.05) is 37.0 Å². The number of fused-ring (bicyclic) bond motifs is 1. The first-order chi connectivity index (χ1) is 10.1. The van der Waals surface area contributed by atoms with E-state index >= 15 is 0 Å². The topological polar surface area (TPSA) is 70.5 Å². The van der Waals surface area contributed by atoms with Crippen molar-refractivity contribution in [1.29, 1.82) is 0 Å². The van der Waals surface area contributed by atoms with Crippen LogP contribution in [0.25, 0.3) is 0 Å². The maximum atomic E-state index is 12.5.